The summed E-state index contributed by atoms with van der Waals surface area (Å²) >= 11 is 1.38. The number of methoxy groups -OCH3 is 1. The largest absolute Gasteiger partial charge is 0.465 e. The number of nitrogens with zero attached hydrogens (tertiary/aromatic N) is 1. The molecule has 20 heavy (non-hydrogen) atoms. The highest BCUT2D eigenvalue weighted by Gasteiger charge is 2.59. The molecule has 4 nitrogen and oxygen atoms in total. The van der Waals surface area contributed by atoms with E-state index in [1.807, 2.05) is 0 Å². The maximum absolute atomic E-state index is 11.5. The molecule has 2 fully saturated rings. The van der Waals surface area contributed by atoms with Gasteiger partial charge in [0.2, 0.25) is 0 Å². The first-order chi connectivity index (χ1) is 9.37. The number of rotatable bonds is 3. The topological polar surface area (TPSA) is 51.2 Å². The van der Waals surface area contributed by atoms with Crippen molar-refractivity contribution >= 4 is 22.4 Å². The van der Waals surface area contributed by atoms with Crippen molar-refractivity contribution in [3.05, 3.63) is 11.1 Å². The molecule has 1 N–H and O–H groups in total. The van der Waals surface area contributed by atoms with Crippen molar-refractivity contribution in [2.24, 2.45) is 16.7 Å². The predicted molar refractivity (Wildman–Crippen MR) is 80.1 cm³/mol. The van der Waals surface area contributed by atoms with Gasteiger partial charge >= 0.3 is 5.97 Å². The first-order valence-electron chi connectivity index (χ1n) is 7.17. The van der Waals surface area contributed by atoms with Crippen molar-refractivity contribution in [3.8, 4) is 0 Å². The van der Waals surface area contributed by atoms with Gasteiger partial charge in [-0.25, -0.2) is 9.78 Å². The first kappa shape index (κ1) is 13.9. The molecule has 2 aliphatic rings. The Bertz CT molecular complexity index is 535. The van der Waals surface area contributed by atoms with Crippen molar-refractivity contribution in [2.45, 2.75) is 46.1 Å². The maximum Gasteiger partial charge on any atom is 0.349 e. The number of hydrogen-bond donors (Lipinski definition) is 1. The highest BCUT2D eigenvalue weighted by atomic mass is 32.1. The molecule has 3 rings (SSSR count). The van der Waals surface area contributed by atoms with Crippen LogP contribution in [-0.2, 0) is 4.74 Å². The smallest absolute Gasteiger partial charge is 0.349 e. The highest BCUT2D eigenvalue weighted by molar-refractivity contribution is 7.17. The Balaban J connectivity index is 1.81. The number of aromatic nitrogens is 1. The van der Waals surface area contributed by atoms with Crippen LogP contribution in [0.5, 0.6) is 0 Å². The molecule has 3 unspecified atom stereocenters. The Hall–Kier alpha value is -1.10. The Morgan fingerprint density at radius 1 is 1.50 bits per heavy atom. The molecule has 2 saturated carbocycles. The normalized spacial score (nSPS) is 34.2. The molecule has 0 aromatic carbocycles. The van der Waals surface area contributed by atoms with E-state index in [1.54, 1.807) is 6.20 Å². The Morgan fingerprint density at radius 2 is 2.25 bits per heavy atom. The van der Waals surface area contributed by atoms with Crippen LogP contribution >= 0.6 is 11.3 Å². The molecule has 2 aliphatic carbocycles. The number of nitrogens with one attached hydrogen (secondary N) is 1. The summed E-state index contributed by atoms with van der Waals surface area (Å²) in [5.41, 5.74) is 0.634. The number of hydrogen-bond acceptors (Lipinski definition) is 5. The van der Waals surface area contributed by atoms with Crippen LogP contribution in [0.25, 0.3) is 0 Å². The van der Waals surface area contributed by atoms with Crippen LogP contribution in [0.4, 0.5) is 5.13 Å². The average molecular weight is 294 g/mol. The van der Waals surface area contributed by atoms with Crippen LogP contribution < -0.4 is 5.32 Å². The lowest BCUT2D eigenvalue weighted by Gasteiger charge is -2.43. The van der Waals surface area contributed by atoms with Gasteiger partial charge in [0.05, 0.1) is 13.3 Å². The standard InChI is InChI=1S/C15H22N2O2S/c1-14(2)9-5-6-15(3,7-9)12(14)17-13-16-8-10(20-13)11(18)19-4/h8-9,12H,5-7H2,1-4H3,(H,16,17). The fourth-order valence-corrected chi connectivity index (χ4v) is 5.08. The van der Waals surface area contributed by atoms with Gasteiger partial charge in [-0.15, -0.1) is 0 Å². The lowest BCUT2D eigenvalue weighted by Crippen LogP contribution is -2.45. The van der Waals surface area contributed by atoms with Gasteiger partial charge in [0.25, 0.3) is 0 Å². The molecule has 110 valence electrons. The predicted octanol–water partition coefficient (Wildman–Crippen LogP) is 3.56. The minimum atomic E-state index is -0.311. The molecule has 5 heteroatoms. The minimum Gasteiger partial charge on any atom is -0.465 e. The van der Waals surface area contributed by atoms with Crippen molar-refractivity contribution in [2.75, 3.05) is 12.4 Å². The lowest BCUT2D eigenvalue weighted by molar-refractivity contribution is 0.0606. The molecule has 1 aromatic rings. The summed E-state index contributed by atoms with van der Waals surface area (Å²) in [5, 5.41) is 4.43. The lowest BCUT2D eigenvalue weighted by atomic mass is 9.68. The highest BCUT2D eigenvalue weighted by Crippen LogP contribution is 2.63. The maximum atomic E-state index is 11.5. The van der Waals surface area contributed by atoms with E-state index in [9.17, 15) is 4.79 Å². The van der Waals surface area contributed by atoms with Gasteiger partial charge in [-0.2, -0.15) is 0 Å². The van der Waals surface area contributed by atoms with Crippen LogP contribution in [-0.4, -0.2) is 24.1 Å². The number of esters is 1. The number of anilines is 1. The van der Waals surface area contributed by atoms with Gasteiger partial charge in [0.15, 0.2) is 5.13 Å². The van der Waals surface area contributed by atoms with Crippen LogP contribution in [0.1, 0.15) is 49.7 Å². The van der Waals surface area contributed by atoms with Gasteiger partial charge in [-0.3, -0.25) is 0 Å². The van der Waals surface area contributed by atoms with Crippen LogP contribution in [0.15, 0.2) is 6.20 Å². The van der Waals surface area contributed by atoms with Gasteiger partial charge in [0, 0.05) is 6.04 Å². The molecule has 0 aliphatic heterocycles. The molecule has 0 saturated heterocycles. The SMILES string of the molecule is COC(=O)c1cnc(NC2C3(C)CCC(C3)C2(C)C)s1. The Morgan fingerprint density at radius 3 is 2.85 bits per heavy atom. The van der Waals surface area contributed by atoms with E-state index in [0.717, 1.165) is 11.0 Å². The minimum absolute atomic E-state index is 0.282. The second kappa shape index (κ2) is 4.45. The zero-order valence-electron chi connectivity index (χ0n) is 12.5. The number of ether oxygens (including phenoxy) is 1. The van der Waals surface area contributed by atoms with E-state index in [-0.39, 0.29) is 11.4 Å². The summed E-state index contributed by atoms with van der Waals surface area (Å²) < 4.78 is 4.73. The number of carbonyl (C=O) groups excluding carboxylic acids is 1. The summed E-state index contributed by atoms with van der Waals surface area (Å²) in [6.45, 7) is 7.09. The summed E-state index contributed by atoms with van der Waals surface area (Å²) in [4.78, 5) is 16.4. The van der Waals surface area contributed by atoms with Crippen LogP contribution in [0.3, 0.4) is 0 Å². The summed E-state index contributed by atoms with van der Waals surface area (Å²) in [5.74, 6) is 0.485. The van der Waals surface area contributed by atoms with Gasteiger partial charge < -0.3 is 10.1 Å². The average Bonchev–Trinajstić information content (AvgIpc) is 3.05. The molecule has 0 radical (unpaired) electrons. The van der Waals surface area contributed by atoms with Crippen molar-refractivity contribution < 1.29 is 9.53 Å². The summed E-state index contributed by atoms with van der Waals surface area (Å²) in [6, 6.07) is 0.422. The van der Waals surface area contributed by atoms with E-state index in [0.29, 0.717) is 16.3 Å². The Labute approximate surface area is 123 Å². The molecule has 0 spiro atoms. The van der Waals surface area contributed by atoms with E-state index in [1.165, 1.54) is 37.7 Å². The van der Waals surface area contributed by atoms with E-state index >= 15 is 0 Å². The van der Waals surface area contributed by atoms with Crippen molar-refractivity contribution in [1.29, 1.82) is 0 Å². The van der Waals surface area contributed by atoms with Crippen LogP contribution in [0, 0.1) is 16.7 Å². The zero-order valence-corrected chi connectivity index (χ0v) is 13.3. The monoisotopic (exact) mass is 294 g/mol. The third kappa shape index (κ3) is 1.94. The second-order valence-corrected chi connectivity index (χ2v) is 8.04. The number of carbonyl (C=O) groups is 1. The van der Waals surface area contributed by atoms with Gasteiger partial charge in [-0.05, 0) is 36.0 Å². The fraction of sp³-hybridized carbons (Fsp3) is 0.733. The molecule has 3 atom stereocenters. The van der Waals surface area contributed by atoms with Crippen molar-refractivity contribution in [1.82, 2.24) is 4.98 Å². The van der Waals surface area contributed by atoms with Crippen LogP contribution in [0.2, 0.25) is 0 Å². The third-order valence-corrected chi connectivity index (χ3v) is 6.34. The van der Waals surface area contributed by atoms with E-state index < -0.39 is 0 Å². The van der Waals surface area contributed by atoms with Gasteiger partial charge in [-0.1, -0.05) is 32.1 Å². The molecular weight excluding hydrogens is 272 g/mol. The fourth-order valence-electron chi connectivity index (χ4n) is 4.32. The van der Waals surface area contributed by atoms with E-state index in [4.69, 9.17) is 4.74 Å². The molecule has 1 aromatic heterocycles. The van der Waals surface area contributed by atoms with Crippen molar-refractivity contribution in [3.63, 3.8) is 0 Å². The molecular formula is C15H22N2O2S. The second-order valence-electron chi connectivity index (χ2n) is 7.01. The molecule has 0 amide bonds. The third-order valence-electron chi connectivity index (χ3n) is 5.43. The number of fused-ring (bicyclic) bond motifs is 2. The number of thiazole rings is 1. The quantitative estimate of drug-likeness (QED) is 0.866. The first-order valence-corrected chi connectivity index (χ1v) is 7.99. The summed E-state index contributed by atoms with van der Waals surface area (Å²) in [7, 11) is 1.40. The van der Waals surface area contributed by atoms with E-state index in [2.05, 4.69) is 31.1 Å². The summed E-state index contributed by atoms with van der Waals surface area (Å²) in [6.07, 6.45) is 5.52. The molecule has 1 heterocycles. The molecule has 2 bridgehead atoms. The van der Waals surface area contributed by atoms with Gasteiger partial charge in [0.1, 0.15) is 4.88 Å². The zero-order chi connectivity index (χ0) is 14.5. The Kier molecular flexibility index (Phi) is 3.08.